The fourth-order valence-corrected chi connectivity index (χ4v) is 2.48. The van der Waals surface area contributed by atoms with Gasteiger partial charge in [0, 0.05) is 11.6 Å². The molecule has 26 heavy (non-hydrogen) atoms. The van der Waals surface area contributed by atoms with Gasteiger partial charge in [-0.3, -0.25) is 5.43 Å². The average Bonchev–Trinajstić information content (AvgIpc) is 2.68. The Bertz CT molecular complexity index is 917. The molecule has 1 heterocycles. The summed E-state index contributed by atoms with van der Waals surface area (Å²) in [5.41, 5.74) is 4.59. The Morgan fingerprint density at radius 2 is 1.73 bits per heavy atom. The van der Waals surface area contributed by atoms with Gasteiger partial charge in [-0.1, -0.05) is 41.9 Å². The van der Waals surface area contributed by atoms with Crippen LogP contribution in [0.5, 0.6) is 11.5 Å². The largest absolute Gasteiger partial charge is 0.493 e. The van der Waals surface area contributed by atoms with Crippen LogP contribution in [0.15, 0.2) is 59.7 Å². The third-order valence-electron chi connectivity index (χ3n) is 3.53. The molecule has 132 valence electrons. The Balaban J connectivity index is 1.77. The van der Waals surface area contributed by atoms with E-state index in [2.05, 4.69) is 20.5 Å². The lowest BCUT2D eigenvalue weighted by Gasteiger charge is -2.07. The van der Waals surface area contributed by atoms with Crippen LogP contribution in [0.4, 0.5) is 5.82 Å². The lowest BCUT2D eigenvalue weighted by Crippen LogP contribution is -1.98. The van der Waals surface area contributed by atoms with Crippen molar-refractivity contribution in [3.05, 3.63) is 65.3 Å². The van der Waals surface area contributed by atoms with E-state index in [-0.39, 0.29) is 0 Å². The number of hydrazone groups is 1. The number of nitrogens with one attached hydrogen (secondary N) is 1. The first-order valence-corrected chi connectivity index (χ1v) is 8.18. The number of benzene rings is 2. The minimum atomic E-state index is 0.336. The summed E-state index contributed by atoms with van der Waals surface area (Å²) >= 11 is 6.10. The fraction of sp³-hybridized carbons (Fsp3) is 0.105. The number of ether oxygens (including phenoxy) is 2. The first-order chi connectivity index (χ1) is 12.7. The number of rotatable bonds is 6. The van der Waals surface area contributed by atoms with Crippen molar-refractivity contribution in [3.8, 4) is 22.9 Å². The summed E-state index contributed by atoms with van der Waals surface area (Å²) < 4.78 is 10.5. The first-order valence-electron chi connectivity index (χ1n) is 7.80. The van der Waals surface area contributed by atoms with Gasteiger partial charge in [0.15, 0.2) is 23.1 Å². The van der Waals surface area contributed by atoms with Gasteiger partial charge in [0.1, 0.15) is 5.15 Å². The van der Waals surface area contributed by atoms with Gasteiger partial charge in [0.2, 0.25) is 0 Å². The van der Waals surface area contributed by atoms with E-state index in [0.29, 0.717) is 28.3 Å². The van der Waals surface area contributed by atoms with E-state index in [1.165, 1.54) is 0 Å². The van der Waals surface area contributed by atoms with E-state index in [1.54, 1.807) is 26.5 Å². The smallest absolute Gasteiger partial charge is 0.163 e. The third kappa shape index (κ3) is 4.29. The van der Waals surface area contributed by atoms with E-state index in [0.717, 1.165) is 11.1 Å². The summed E-state index contributed by atoms with van der Waals surface area (Å²) in [5.74, 6) is 2.32. The molecule has 3 rings (SSSR count). The van der Waals surface area contributed by atoms with Crippen LogP contribution in [0.2, 0.25) is 5.15 Å². The molecule has 7 heteroatoms. The quantitative estimate of drug-likeness (QED) is 0.400. The summed E-state index contributed by atoms with van der Waals surface area (Å²) in [5, 5.41) is 4.53. The zero-order valence-electron chi connectivity index (χ0n) is 14.3. The molecule has 0 unspecified atom stereocenters. The summed E-state index contributed by atoms with van der Waals surface area (Å²) in [6.45, 7) is 0. The molecule has 0 aliphatic heterocycles. The monoisotopic (exact) mass is 368 g/mol. The maximum atomic E-state index is 6.10. The lowest BCUT2D eigenvalue weighted by molar-refractivity contribution is 0.355. The van der Waals surface area contributed by atoms with E-state index in [4.69, 9.17) is 21.1 Å². The summed E-state index contributed by atoms with van der Waals surface area (Å²) in [7, 11) is 3.18. The second kappa shape index (κ2) is 8.31. The zero-order chi connectivity index (χ0) is 18.4. The van der Waals surface area contributed by atoms with Crippen molar-refractivity contribution in [1.29, 1.82) is 0 Å². The molecule has 6 nitrogen and oxygen atoms in total. The zero-order valence-corrected chi connectivity index (χ0v) is 15.1. The van der Waals surface area contributed by atoms with Gasteiger partial charge in [-0.25, -0.2) is 9.97 Å². The van der Waals surface area contributed by atoms with Crippen LogP contribution in [-0.4, -0.2) is 30.4 Å². The van der Waals surface area contributed by atoms with E-state index in [9.17, 15) is 0 Å². The van der Waals surface area contributed by atoms with Crippen LogP contribution in [0, 0.1) is 0 Å². The number of aromatic nitrogens is 2. The second-order valence-corrected chi connectivity index (χ2v) is 5.64. The van der Waals surface area contributed by atoms with E-state index in [1.807, 2.05) is 48.5 Å². The SMILES string of the molecule is COc1ccc(C=NNc2cc(Cl)nc(-c3ccccc3)n2)cc1OC. The molecule has 0 aliphatic rings. The normalized spacial score (nSPS) is 10.7. The number of anilines is 1. The number of methoxy groups -OCH3 is 2. The van der Waals surface area contributed by atoms with Crippen molar-refractivity contribution in [3.63, 3.8) is 0 Å². The van der Waals surface area contributed by atoms with Gasteiger partial charge in [0.25, 0.3) is 0 Å². The van der Waals surface area contributed by atoms with Crippen molar-refractivity contribution < 1.29 is 9.47 Å². The van der Waals surface area contributed by atoms with Crippen LogP contribution in [0.25, 0.3) is 11.4 Å². The second-order valence-electron chi connectivity index (χ2n) is 5.25. The minimum Gasteiger partial charge on any atom is -0.493 e. The Morgan fingerprint density at radius 1 is 0.962 bits per heavy atom. The van der Waals surface area contributed by atoms with E-state index >= 15 is 0 Å². The number of nitrogens with zero attached hydrogens (tertiary/aromatic N) is 3. The highest BCUT2D eigenvalue weighted by Gasteiger charge is 2.06. The predicted octanol–water partition coefficient (Wildman–Crippen LogP) is 4.26. The van der Waals surface area contributed by atoms with Crippen LogP contribution in [0.3, 0.4) is 0 Å². The predicted molar refractivity (Wildman–Crippen MR) is 103 cm³/mol. The van der Waals surface area contributed by atoms with Crippen LogP contribution < -0.4 is 14.9 Å². The highest BCUT2D eigenvalue weighted by Crippen LogP contribution is 2.27. The highest BCUT2D eigenvalue weighted by atomic mass is 35.5. The molecule has 0 aliphatic carbocycles. The van der Waals surface area contributed by atoms with Crippen molar-refractivity contribution in [1.82, 2.24) is 9.97 Å². The molecular formula is C19H17ClN4O2. The number of hydrogen-bond donors (Lipinski definition) is 1. The fourth-order valence-electron chi connectivity index (χ4n) is 2.30. The maximum Gasteiger partial charge on any atom is 0.163 e. The molecule has 1 N–H and O–H groups in total. The summed E-state index contributed by atoms with van der Waals surface area (Å²) in [6.07, 6.45) is 1.65. The van der Waals surface area contributed by atoms with Crippen LogP contribution >= 0.6 is 11.6 Å². The molecule has 1 aromatic heterocycles. The Hall–Kier alpha value is -3.12. The lowest BCUT2D eigenvalue weighted by atomic mass is 10.2. The van der Waals surface area contributed by atoms with Gasteiger partial charge in [-0.15, -0.1) is 0 Å². The molecule has 0 saturated carbocycles. The molecule has 0 amide bonds. The topological polar surface area (TPSA) is 68.6 Å². The van der Waals surface area contributed by atoms with Gasteiger partial charge < -0.3 is 9.47 Å². The molecule has 0 saturated heterocycles. The molecule has 2 aromatic carbocycles. The summed E-state index contributed by atoms with van der Waals surface area (Å²) in [6, 6.07) is 16.7. The molecule has 0 atom stereocenters. The molecule has 0 fully saturated rings. The van der Waals surface area contributed by atoms with Gasteiger partial charge in [-0.05, 0) is 23.8 Å². The number of halogens is 1. The Kier molecular flexibility index (Phi) is 5.66. The van der Waals surface area contributed by atoms with Crippen molar-refractivity contribution in [2.75, 3.05) is 19.6 Å². The molecular weight excluding hydrogens is 352 g/mol. The highest BCUT2D eigenvalue weighted by molar-refractivity contribution is 6.29. The van der Waals surface area contributed by atoms with Gasteiger partial charge >= 0.3 is 0 Å². The standard InChI is InChI=1S/C19H17ClN4O2/c1-25-15-9-8-13(10-16(15)26-2)12-21-24-18-11-17(20)22-19(23-18)14-6-4-3-5-7-14/h3-12H,1-2H3,(H,22,23,24). The van der Waals surface area contributed by atoms with Crippen LogP contribution in [0.1, 0.15) is 5.56 Å². The van der Waals surface area contributed by atoms with Crippen molar-refractivity contribution >= 4 is 23.6 Å². The Morgan fingerprint density at radius 3 is 2.46 bits per heavy atom. The third-order valence-corrected chi connectivity index (χ3v) is 3.72. The summed E-state index contributed by atoms with van der Waals surface area (Å²) in [4.78, 5) is 8.68. The van der Waals surface area contributed by atoms with Gasteiger partial charge in [0.05, 0.1) is 20.4 Å². The van der Waals surface area contributed by atoms with Gasteiger partial charge in [-0.2, -0.15) is 5.10 Å². The molecule has 0 radical (unpaired) electrons. The maximum absolute atomic E-state index is 6.10. The number of hydrogen-bond acceptors (Lipinski definition) is 6. The van der Waals surface area contributed by atoms with E-state index < -0.39 is 0 Å². The van der Waals surface area contributed by atoms with Crippen molar-refractivity contribution in [2.45, 2.75) is 0 Å². The van der Waals surface area contributed by atoms with Crippen LogP contribution in [-0.2, 0) is 0 Å². The average molecular weight is 369 g/mol. The first kappa shape index (κ1) is 17.7. The minimum absolute atomic E-state index is 0.336. The molecule has 0 bridgehead atoms. The molecule has 0 spiro atoms. The van der Waals surface area contributed by atoms with Crippen molar-refractivity contribution in [2.24, 2.45) is 5.10 Å². The molecule has 3 aromatic rings. The Labute approximate surface area is 156 Å².